The first-order valence-electron chi connectivity index (χ1n) is 5.52. The van der Waals surface area contributed by atoms with Crippen LogP contribution in [-0.4, -0.2) is 39.3 Å². The lowest BCUT2D eigenvalue weighted by molar-refractivity contribution is 0.0594. The predicted octanol–water partition coefficient (Wildman–Crippen LogP) is 2.49. The number of rotatable bonds is 2. The molecule has 1 fully saturated rings. The van der Waals surface area contributed by atoms with E-state index < -0.39 is 0 Å². The van der Waals surface area contributed by atoms with Crippen LogP contribution in [0.3, 0.4) is 0 Å². The van der Waals surface area contributed by atoms with E-state index in [1.807, 2.05) is 23.5 Å². The maximum Gasteiger partial charge on any atom is 0.356 e. The number of hydrogen-bond acceptors (Lipinski definition) is 5. The summed E-state index contributed by atoms with van der Waals surface area (Å²) in [5.41, 5.74) is 0.430. The molecule has 1 saturated heterocycles. The lowest BCUT2D eigenvalue weighted by Crippen LogP contribution is -2.22. The molecule has 0 radical (unpaired) electrons. The topological polar surface area (TPSA) is 55.0 Å². The van der Waals surface area contributed by atoms with Crippen LogP contribution in [0.2, 0.25) is 0 Å². The molecule has 17 heavy (non-hydrogen) atoms. The van der Waals surface area contributed by atoms with Crippen molar-refractivity contribution in [1.82, 2.24) is 9.97 Å². The van der Waals surface area contributed by atoms with Crippen molar-refractivity contribution in [2.45, 2.75) is 29.6 Å². The third-order valence-electron chi connectivity index (χ3n) is 2.86. The summed E-state index contributed by atoms with van der Waals surface area (Å²) in [6.07, 6.45) is 1.55. The highest BCUT2D eigenvalue weighted by Crippen LogP contribution is 2.43. The number of carbonyl (C=O) groups is 1. The zero-order valence-corrected chi connectivity index (χ0v) is 11.7. The summed E-state index contributed by atoms with van der Waals surface area (Å²) < 4.78 is 4.65. The van der Waals surface area contributed by atoms with Crippen molar-refractivity contribution in [3.05, 3.63) is 17.7 Å². The average Bonchev–Trinajstić information content (AvgIpc) is 2.81. The van der Waals surface area contributed by atoms with Gasteiger partial charge in [0.1, 0.15) is 11.5 Å². The van der Waals surface area contributed by atoms with Crippen LogP contribution in [0.15, 0.2) is 6.20 Å². The Kier molecular flexibility index (Phi) is 4.04. The molecule has 1 aromatic heterocycles. The minimum absolute atomic E-state index is 0.338. The molecular weight excluding hydrogens is 256 g/mol. The van der Waals surface area contributed by atoms with Crippen LogP contribution in [0.1, 0.15) is 35.4 Å². The highest BCUT2D eigenvalue weighted by molar-refractivity contribution is 8.07. The molecule has 1 aliphatic rings. The Balaban J connectivity index is 2.08. The molecule has 2 rings (SSSR count). The second-order valence-corrected chi connectivity index (χ2v) is 7.04. The van der Waals surface area contributed by atoms with Gasteiger partial charge in [0.2, 0.25) is 0 Å². The lowest BCUT2D eigenvalue weighted by Gasteiger charge is -2.30. The van der Waals surface area contributed by atoms with E-state index in [-0.39, 0.29) is 5.97 Å². The number of esters is 1. The summed E-state index contributed by atoms with van der Waals surface area (Å²) in [6.45, 7) is 4.49. The number of nitrogens with one attached hydrogen (secondary N) is 1. The van der Waals surface area contributed by atoms with E-state index in [2.05, 4.69) is 28.6 Å². The molecule has 1 aromatic rings. The summed E-state index contributed by atoms with van der Waals surface area (Å²) in [4.78, 5) is 18.6. The number of imidazole rings is 1. The van der Waals surface area contributed by atoms with Gasteiger partial charge in [0, 0.05) is 16.3 Å². The molecule has 3 atom stereocenters. The monoisotopic (exact) mass is 272 g/mol. The molecule has 94 valence electrons. The van der Waals surface area contributed by atoms with Gasteiger partial charge in [-0.1, -0.05) is 13.8 Å². The van der Waals surface area contributed by atoms with Gasteiger partial charge in [0.05, 0.1) is 18.6 Å². The zero-order chi connectivity index (χ0) is 12.4. The first-order chi connectivity index (χ1) is 8.11. The van der Waals surface area contributed by atoms with Crippen LogP contribution in [-0.2, 0) is 4.74 Å². The lowest BCUT2D eigenvalue weighted by atomic mass is 10.3. The van der Waals surface area contributed by atoms with Gasteiger partial charge in [0.15, 0.2) is 0 Å². The highest BCUT2D eigenvalue weighted by atomic mass is 32.2. The first-order valence-corrected chi connectivity index (χ1v) is 7.51. The Labute approximate surface area is 109 Å². The van der Waals surface area contributed by atoms with Crippen LogP contribution in [0.5, 0.6) is 0 Å². The number of nitrogens with zero attached hydrogens (tertiary/aromatic N) is 1. The van der Waals surface area contributed by atoms with E-state index in [1.54, 1.807) is 6.20 Å². The number of hydrogen-bond donors (Lipinski definition) is 1. The predicted molar refractivity (Wildman–Crippen MR) is 71.6 cm³/mol. The van der Waals surface area contributed by atoms with Crippen LogP contribution in [0.4, 0.5) is 0 Å². The smallest absolute Gasteiger partial charge is 0.356 e. The molecule has 1 aliphatic heterocycles. The maximum atomic E-state index is 11.3. The normalized spacial score (nSPS) is 29.0. The molecule has 6 heteroatoms. The average molecular weight is 272 g/mol. The fraction of sp³-hybridized carbons (Fsp3) is 0.636. The minimum atomic E-state index is -0.362. The van der Waals surface area contributed by atoms with Crippen molar-refractivity contribution in [3.8, 4) is 0 Å². The van der Waals surface area contributed by atoms with E-state index >= 15 is 0 Å². The summed E-state index contributed by atoms with van der Waals surface area (Å²) in [5, 5.41) is 1.61. The molecule has 4 nitrogen and oxygen atoms in total. The van der Waals surface area contributed by atoms with Gasteiger partial charge in [-0.15, -0.1) is 11.8 Å². The van der Waals surface area contributed by atoms with Gasteiger partial charge in [-0.3, -0.25) is 0 Å². The molecular formula is C11H16N2O2S2. The highest BCUT2D eigenvalue weighted by Gasteiger charge is 2.28. The largest absolute Gasteiger partial charge is 0.464 e. The van der Waals surface area contributed by atoms with Crippen molar-refractivity contribution < 1.29 is 9.53 Å². The molecule has 0 saturated carbocycles. The van der Waals surface area contributed by atoms with Gasteiger partial charge in [-0.05, 0) is 0 Å². The standard InChI is InChI=1S/C11H16N2O2S2/c1-6-7(2)17-9(5-16-6)10-12-4-8(13-10)11(14)15-3/h4,6-7,9H,5H2,1-3H3,(H,12,13). The van der Waals surface area contributed by atoms with Crippen molar-refractivity contribution in [2.75, 3.05) is 12.9 Å². The molecule has 0 aliphatic carbocycles. The Hall–Kier alpha value is -0.620. The number of aromatic nitrogens is 2. The molecule has 1 N–H and O–H groups in total. The number of aromatic amines is 1. The third kappa shape index (κ3) is 2.80. The second kappa shape index (κ2) is 5.35. The van der Waals surface area contributed by atoms with E-state index in [9.17, 15) is 4.79 Å². The van der Waals surface area contributed by atoms with Crippen molar-refractivity contribution in [2.24, 2.45) is 0 Å². The number of carbonyl (C=O) groups excluding carboxylic acids is 1. The second-order valence-electron chi connectivity index (χ2n) is 4.04. The number of ether oxygens (including phenoxy) is 1. The molecule has 2 heterocycles. The minimum Gasteiger partial charge on any atom is -0.464 e. The van der Waals surface area contributed by atoms with E-state index in [0.717, 1.165) is 11.6 Å². The van der Waals surface area contributed by atoms with E-state index in [4.69, 9.17) is 0 Å². The molecule has 3 unspecified atom stereocenters. The first kappa shape index (κ1) is 12.8. The quantitative estimate of drug-likeness (QED) is 0.838. The molecule has 0 bridgehead atoms. The summed E-state index contributed by atoms with van der Waals surface area (Å²) in [7, 11) is 1.37. The zero-order valence-electron chi connectivity index (χ0n) is 10.1. The van der Waals surface area contributed by atoms with Crippen LogP contribution >= 0.6 is 23.5 Å². The Morgan fingerprint density at radius 1 is 1.53 bits per heavy atom. The number of methoxy groups -OCH3 is 1. The summed E-state index contributed by atoms with van der Waals surface area (Å²) >= 11 is 3.87. The van der Waals surface area contributed by atoms with Crippen LogP contribution < -0.4 is 0 Å². The van der Waals surface area contributed by atoms with E-state index in [1.165, 1.54) is 7.11 Å². The summed E-state index contributed by atoms with van der Waals surface area (Å²) in [6, 6.07) is 0. The Morgan fingerprint density at radius 3 is 2.94 bits per heavy atom. The van der Waals surface area contributed by atoms with Gasteiger partial charge in [-0.2, -0.15) is 11.8 Å². The molecule has 0 aromatic carbocycles. The van der Waals surface area contributed by atoms with Crippen LogP contribution in [0.25, 0.3) is 0 Å². The number of H-pyrrole nitrogens is 1. The number of thioether (sulfide) groups is 2. The fourth-order valence-corrected chi connectivity index (χ4v) is 4.51. The van der Waals surface area contributed by atoms with Gasteiger partial charge >= 0.3 is 5.97 Å². The summed E-state index contributed by atoms with van der Waals surface area (Å²) in [5.74, 6) is 1.55. The SMILES string of the molecule is COC(=O)c1cnc(C2CSC(C)C(C)S2)[nH]1. The maximum absolute atomic E-state index is 11.3. The van der Waals surface area contributed by atoms with Crippen molar-refractivity contribution in [3.63, 3.8) is 0 Å². The Bertz CT molecular complexity index is 408. The Morgan fingerprint density at radius 2 is 2.29 bits per heavy atom. The van der Waals surface area contributed by atoms with Crippen molar-refractivity contribution in [1.29, 1.82) is 0 Å². The molecule has 0 spiro atoms. The van der Waals surface area contributed by atoms with Gasteiger partial charge in [-0.25, -0.2) is 9.78 Å². The van der Waals surface area contributed by atoms with Crippen molar-refractivity contribution >= 4 is 29.5 Å². The van der Waals surface area contributed by atoms with Gasteiger partial charge in [0.25, 0.3) is 0 Å². The molecule has 0 amide bonds. The third-order valence-corrected chi connectivity index (χ3v) is 6.26. The van der Waals surface area contributed by atoms with E-state index in [0.29, 0.717) is 21.4 Å². The van der Waals surface area contributed by atoms with Gasteiger partial charge < -0.3 is 9.72 Å². The fourth-order valence-electron chi connectivity index (χ4n) is 1.64. The van der Waals surface area contributed by atoms with Crippen LogP contribution in [0, 0.1) is 0 Å².